The molecule has 4 rings (SSSR count). The summed E-state index contributed by atoms with van der Waals surface area (Å²) in [4.78, 5) is 12.2. The van der Waals surface area contributed by atoms with Crippen LogP contribution in [0, 0.1) is 17.5 Å². The zero-order valence-electron chi connectivity index (χ0n) is 22.5. The van der Waals surface area contributed by atoms with Crippen LogP contribution < -0.4 is 14.4 Å². The number of carbonyl (C=O) groups is 1. The molecule has 0 bridgehead atoms. The van der Waals surface area contributed by atoms with Crippen LogP contribution in [-0.4, -0.2) is 27.5 Å². The third-order valence-electron chi connectivity index (χ3n) is 6.36. The van der Waals surface area contributed by atoms with Crippen molar-refractivity contribution < 1.29 is 31.1 Å². The number of sulfonamides is 1. The molecule has 0 fully saturated rings. The minimum Gasteiger partial charge on any atom is -0.493 e. The van der Waals surface area contributed by atoms with E-state index in [1.807, 2.05) is 0 Å². The molecule has 1 unspecified atom stereocenters. The van der Waals surface area contributed by atoms with Crippen molar-refractivity contribution in [2.45, 2.75) is 24.3 Å². The van der Waals surface area contributed by atoms with Crippen molar-refractivity contribution in [2.75, 3.05) is 17.5 Å². The monoisotopic (exact) mass is 670 g/mol. The lowest BCUT2D eigenvalue weighted by atomic mass is 10.1. The highest BCUT2D eigenvalue weighted by Crippen LogP contribution is 2.38. The first-order chi connectivity index (χ1) is 20.4. The van der Waals surface area contributed by atoms with Crippen molar-refractivity contribution in [2.24, 2.45) is 0 Å². The maximum absolute atomic E-state index is 15.1. The van der Waals surface area contributed by atoms with Gasteiger partial charge in [-0.2, -0.15) is 0 Å². The Bertz CT molecular complexity index is 1740. The number of para-hydroxylation sites is 1. The lowest BCUT2D eigenvalue weighted by Gasteiger charge is -2.32. The van der Waals surface area contributed by atoms with Crippen LogP contribution in [-0.2, 0) is 10.0 Å². The molecule has 0 saturated carbocycles. The minimum absolute atomic E-state index is 0.00379. The fourth-order valence-electron chi connectivity index (χ4n) is 4.25. The van der Waals surface area contributed by atoms with E-state index in [-0.39, 0.29) is 39.4 Å². The van der Waals surface area contributed by atoms with Crippen molar-refractivity contribution in [3.63, 3.8) is 0 Å². The van der Waals surface area contributed by atoms with E-state index in [0.29, 0.717) is 17.0 Å². The van der Waals surface area contributed by atoms with E-state index < -0.39 is 45.1 Å². The number of hydrogen-bond acceptors (Lipinski definition) is 4. The smallest absolute Gasteiger partial charge is 0.264 e. The number of halogens is 6. The molecule has 0 aliphatic rings. The van der Waals surface area contributed by atoms with Gasteiger partial charge in [-0.3, -0.25) is 9.10 Å². The maximum atomic E-state index is 15.1. The molecule has 0 aliphatic heterocycles. The number of anilines is 1. The molecule has 0 heterocycles. The largest absolute Gasteiger partial charge is 0.493 e. The molecule has 43 heavy (non-hydrogen) atoms. The van der Waals surface area contributed by atoms with E-state index in [2.05, 4.69) is 5.32 Å². The van der Waals surface area contributed by atoms with Gasteiger partial charge >= 0.3 is 0 Å². The average molecular weight is 672 g/mol. The summed E-state index contributed by atoms with van der Waals surface area (Å²) >= 11 is 17.6. The molecule has 0 saturated heterocycles. The molecular formula is C30H24Cl3F3N2O4S. The molecule has 0 radical (unpaired) electrons. The Morgan fingerprint density at radius 2 is 1.60 bits per heavy atom. The van der Waals surface area contributed by atoms with Crippen molar-refractivity contribution in [1.82, 2.24) is 5.32 Å². The number of ether oxygens (including phenoxy) is 1. The van der Waals surface area contributed by atoms with Gasteiger partial charge in [0.1, 0.15) is 23.2 Å². The Labute approximate surface area is 262 Å². The van der Waals surface area contributed by atoms with Gasteiger partial charge < -0.3 is 10.1 Å². The van der Waals surface area contributed by atoms with Crippen LogP contribution in [0.25, 0.3) is 0 Å². The molecule has 4 aromatic rings. The number of benzene rings is 4. The summed E-state index contributed by atoms with van der Waals surface area (Å²) in [5, 5.41) is 2.71. The predicted octanol–water partition coefficient (Wildman–Crippen LogP) is 8.22. The quantitative estimate of drug-likeness (QED) is 0.129. The van der Waals surface area contributed by atoms with Crippen molar-refractivity contribution >= 4 is 56.4 Å². The van der Waals surface area contributed by atoms with Gasteiger partial charge in [0.15, 0.2) is 0 Å². The Hall–Kier alpha value is -3.44. The second-order valence-corrected chi connectivity index (χ2v) is 12.3. The summed E-state index contributed by atoms with van der Waals surface area (Å²) < 4.78 is 77.5. The highest BCUT2D eigenvalue weighted by atomic mass is 35.5. The van der Waals surface area contributed by atoms with Gasteiger partial charge in [0.05, 0.1) is 38.8 Å². The molecule has 1 atom stereocenters. The first-order valence-electron chi connectivity index (χ1n) is 12.8. The number of nitrogens with zero attached hydrogens (tertiary/aromatic N) is 1. The Balaban J connectivity index is 1.54. The first-order valence-corrected chi connectivity index (χ1v) is 15.4. The van der Waals surface area contributed by atoms with E-state index >= 15 is 4.39 Å². The third kappa shape index (κ3) is 7.56. The van der Waals surface area contributed by atoms with Crippen LogP contribution in [0.2, 0.25) is 15.1 Å². The fourth-order valence-corrected chi connectivity index (χ4v) is 6.48. The Morgan fingerprint density at radius 1 is 0.907 bits per heavy atom. The molecule has 4 aromatic carbocycles. The van der Waals surface area contributed by atoms with Gasteiger partial charge in [-0.25, -0.2) is 21.6 Å². The van der Waals surface area contributed by atoms with Crippen LogP contribution in [0.1, 0.15) is 35.3 Å². The molecule has 1 N–H and O–H groups in total. The van der Waals surface area contributed by atoms with E-state index in [4.69, 9.17) is 39.5 Å². The number of nitrogens with one attached hydrogen (secondary N) is 1. The lowest BCUT2D eigenvalue weighted by molar-refractivity contribution is 0.0951. The lowest BCUT2D eigenvalue weighted by Crippen LogP contribution is -2.34. The van der Waals surface area contributed by atoms with Crippen LogP contribution in [0.15, 0.2) is 83.8 Å². The normalized spacial score (nSPS) is 12.1. The summed E-state index contributed by atoms with van der Waals surface area (Å²) in [5.41, 5.74) is -0.191. The van der Waals surface area contributed by atoms with Gasteiger partial charge in [-0.1, -0.05) is 53.0 Å². The standard InChI is InChI=1S/C30H24Cl3F3N2O4S/c1-18(38(28-15-20(34)9-12-26(28)35)43(40,41)21-10-7-19(31)8-11-21)22-5-2-3-6-29(22)42-14-4-13-37-30(39)23-16-27(36)25(33)17-24(23)32/h2-3,5-12,15-18H,4,13-14H2,1H3,(H,37,39). The van der Waals surface area contributed by atoms with Crippen molar-refractivity contribution in [3.05, 3.63) is 123 Å². The SMILES string of the molecule is CC(c1ccccc1OCCCNC(=O)c1cc(F)c(Cl)cc1Cl)N(c1cc(F)ccc1F)S(=O)(=O)c1ccc(Cl)cc1. The number of carbonyl (C=O) groups excluding carboxylic acids is 1. The Kier molecular flexibility index (Phi) is 10.5. The summed E-state index contributed by atoms with van der Waals surface area (Å²) in [6, 6.07) is 15.4. The van der Waals surface area contributed by atoms with Crippen LogP contribution in [0.5, 0.6) is 5.75 Å². The molecule has 226 valence electrons. The van der Waals surface area contributed by atoms with Crippen LogP contribution in [0.4, 0.5) is 18.9 Å². The second-order valence-electron chi connectivity index (χ2n) is 9.27. The number of rotatable bonds is 11. The first kappa shape index (κ1) is 32.5. The minimum atomic E-state index is -4.43. The summed E-state index contributed by atoms with van der Waals surface area (Å²) in [5.74, 6) is -2.86. The van der Waals surface area contributed by atoms with Crippen molar-refractivity contribution in [1.29, 1.82) is 0 Å². The van der Waals surface area contributed by atoms with E-state index in [1.165, 1.54) is 31.2 Å². The van der Waals surface area contributed by atoms with Crippen LogP contribution >= 0.6 is 34.8 Å². The van der Waals surface area contributed by atoms with Gasteiger partial charge in [0.25, 0.3) is 15.9 Å². The van der Waals surface area contributed by atoms with E-state index in [9.17, 15) is 22.0 Å². The van der Waals surface area contributed by atoms with Gasteiger partial charge in [0.2, 0.25) is 0 Å². The zero-order valence-corrected chi connectivity index (χ0v) is 25.5. The van der Waals surface area contributed by atoms with Crippen molar-refractivity contribution in [3.8, 4) is 5.75 Å². The maximum Gasteiger partial charge on any atom is 0.264 e. The highest BCUT2D eigenvalue weighted by molar-refractivity contribution is 7.92. The molecule has 0 aliphatic carbocycles. The number of amides is 1. The molecule has 0 aromatic heterocycles. The van der Waals surface area contributed by atoms with Crippen LogP contribution in [0.3, 0.4) is 0 Å². The highest BCUT2D eigenvalue weighted by Gasteiger charge is 2.34. The summed E-state index contributed by atoms with van der Waals surface area (Å²) in [6.45, 7) is 1.75. The zero-order chi connectivity index (χ0) is 31.3. The molecule has 1 amide bonds. The fraction of sp³-hybridized carbons (Fsp3) is 0.167. The summed E-state index contributed by atoms with van der Waals surface area (Å²) in [7, 11) is -4.43. The van der Waals surface area contributed by atoms with E-state index in [1.54, 1.807) is 24.3 Å². The third-order valence-corrected chi connectivity index (χ3v) is 9.11. The Morgan fingerprint density at radius 3 is 2.33 bits per heavy atom. The second kappa shape index (κ2) is 13.9. The number of hydrogen-bond donors (Lipinski definition) is 1. The van der Waals surface area contributed by atoms with E-state index in [0.717, 1.165) is 34.6 Å². The van der Waals surface area contributed by atoms with Gasteiger partial charge in [-0.15, -0.1) is 0 Å². The predicted molar refractivity (Wildman–Crippen MR) is 161 cm³/mol. The molecule has 13 heteroatoms. The summed E-state index contributed by atoms with van der Waals surface area (Å²) in [6.07, 6.45) is 0.313. The average Bonchev–Trinajstić information content (AvgIpc) is 2.97. The molecule has 0 spiro atoms. The van der Waals surface area contributed by atoms with Gasteiger partial charge in [-0.05, 0) is 67.9 Å². The van der Waals surface area contributed by atoms with Gasteiger partial charge in [0, 0.05) is 23.2 Å². The topological polar surface area (TPSA) is 75.7 Å². The molecular weight excluding hydrogens is 648 g/mol. The molecule has 6 nitrogen and oxygen atoms in total.